The fourth-order valence-corrected chi connectivity index (χ4v) is 1.15. The molecule has 0 radical (unpaired) electrons. The third kappa shape index (κ3) is 3.12. The maximum Gasteiger partial charge on any atom is 0.488 e. The van der Waals surface area contributed by atoms with Gasteiger partial charge in [-0.05, 0) is 11.0 Å². The molecule has 0 aliphatic rings. The van der Waals surface area contributed by atoms with Gasteiger partial charge in [0.05, 0.1) is 6.61 Å². The van der Waals surface area contributed by atoms with E-state index in [0.717, 1.165) is 5.56 Å². The molecule has 4 nitrogen and oxygen atoms in total. The van der Waals surface area contributed by atoms with Gasteiger partial charge in [0.1, 0.15) is 6.79 Å². The molecule has 14 heavy (non-hydrogen) atoms. The molecule has 0 atom stereocenters. The van der Waals surface area contributed by atoms with Gasteiger partial charge < -0.3 is 19.5 Å². The van der Waals surface area contributed by atoms with Crippen molar-refractivity contribution in [2.45, 2.75) is 6.61 Å². The lowest BCUT2D eigenvalue weighted by atomic mass is 9.77. The van der Waals surface area contributed by atoms with Gasteiger partial charge in [0.15, 0.2) is 0 Å². The van der Waals surface area contributed by atoms with Crippen LogP contribution in [0.1, 0.15) is 5.56 Å². The van der Waals surface area contributed by atoms with Crippen LogP contribution in [-0.4, -0.2) is 31.1 Å². The van der Waals surface area contributed by atoms with E-state index in [0.29, 0.717) is 12.1 Å². The summed E-state index contributed by atoms with van der Waals surface area (Å²) in [5.74, 6) is 0. The molecule has 0 unspecified atom stereocenters. The molecule has 0 aliphatic carbocycles. The molecule has 2 N–H and O–H groups in total. The SMILES string of the molecule is COCOCc1ccccc1B(O)O. The minimum atomic E-state index is -1.46. The van der Waals surface area contributed by atoms with Crippen LogP contribution in [0.2, 0.25) is 0 Å². The van der Waals surface area contributed by atoms with Gasteiger partial charge in [0, 0.05) is 7.11 Å². The second-order valence-electron chi connectivity index (χ2n) is 2.83. The summed E-state index contributed by atoms with van der Waals surface area (Å²) >= 11 is 0. The number of hydrogen-bond donors (Lipinski definition) is 2. The van der Waals surface area contributed by atoms with Gasteiger partial charge >= 0.3 is 7.12 Å². The lowest BCUT2D eigenvalue weighted by Gasteiger charge is -2.08. The number of methoxy groups -OCH3 is 1. The van der Waals surface area contributed by atoms with Crippen LogP contribution >= 0.6 is 0 Å². The molecule has 0 aliphatic heterocycles. The number of ether oxygens (including phenoxy) is 2. The lowest BCUT2D eigenvalue weighted by molar-refractivity contribution is -0.0388. The van der Waals surface area contributed by atoms with Gasteiger partial charge in [-0.1, -0.05) is 24.3 Å². The van der Waals surface area contributed by atoms with E-state index in [1.54, 1.807) is 18.2 Å². The third-order valence-corrected chi connectivity index (χ3v) is 1.79. The second kappa shape index (κ2) is 5.77. The Bertz CT molecular complexity index is 277. The molecule has 1 aromatic carbocycles. The Kier molecular flexibility index (Phi) is 4.62. The Hall–Kier alpha value is -0.875. The fraction of sp³-hybridized carbons (Fsp3) is 0.333. The van der Waals surface area contributed by atoms with E-state index < -0.39 is 7.12 Å². The summed E-state index contributed by atoms with van der Waals surface area (Å²) in [6, 6.07) is 6.99. The highest BCUT2D eigenvalue weighted by atomic mass is 16.7. The van der Waals surface area contributed by atoms with Crippen molar-refractivity contribution in [1.29, 1.82) is 0 Å². The quantitative estimate of drug-likeness (QED) is 0.378. The summed E-state index contributed by atoms with van der Waals surface area (Å²) < 4.78 is 9.83. The highest BCUT2D eigenvalue weighted by molar-refractivity contribution is 6.59. The zero-order valence-corrected chi connectivity index (χ0v) is 8.01. The van der Waals surface area contributed by atoms with Crippen molar-refractivity contribution in [2.24, 2.45) is 0 Å². The van der Waals surface area contributed by atoms with Gasteiger partial charge in [-0.15, -0.1) is 0 Å². The smallest absolute Gasteiger partial charge is 0.423 e. The van der Waals surface area contributed by atoms with Gasteiger partial charge in [-0.3, -0.25) is 0 Å². The highest BCUT2D eigenvalue weighted by Gasteiger charge is 2.14. The Balaban J connectivity index is 2.64. The fourth-order valence-electron chi connectivity index (χ4n) is 1.15. The van der Waals surface area contributed by atoms with E-state index in [1.165, 1.54) is 7.11 Å². The molecular formula is C9H13BO4. The molecule has 0 saturated carbocycles. The van der Waals surface area contributed by atoms with Gasteiger partial charge in [-0.2, -0.15) is 0 Å². The van der Waals surface area contributed by atoms with Crippen molar-refractivity contribution >= 4 is 12.6 Å². The van der Waals surface area contributed by atoms with Crippen molar-refractivity contribution in [3.63, 3.8) is 0 Å². The average Bonchev–Trinajstić information content (AvgIpc) is 2.19. The molecule has 0 aromatic heterocycles. The predicted molar refractivity (Wildman–Crippen MR) is 52.9 cm³/mol. The first kappa shape index (κ1) is 11.2. The van der Waals surface area contributed by atoms with E-state index in [-0.39, 0.29) is 6.79 Å². The molecule has 0 fully saturated rings. The Morgan fingerprint density at radius 2 is 2.00 bits per heavy atom. The maximum atomic E-state index is 9.03. The predicted octanol–water partition coefficient (Wildman–Crippen LogP) is -0.513. The Labute approximate surface area is 83.2 Å². The van der Waals surface area contributed by atoms with Crippen molar-refractivity contribution in [2.75, 3.05) is 13.9 Å². The standard InChI is InChI=1S/C9H13BO4/c1-13-7-14-6-8-4-2-3-5-9(8)10(11)12/h2-5,11-12H,6-7H2,1H3. The van der Waals surface area contributed by atoms with E-state index >= 15 is 0 Å². The van der Waals surface area contributed by atoms with Crippen LogP contribution in [0.4, 0.5) is 0 Å². The summed E-state index contributed by atoms with van der Waals surface area (Å²) in [4.78, 5) is 0. The van der Waals surface area contributed by atoms with E-state index in [2.05, 4.69) is 0 Å². The van der Waals surface area contributed by atoms with Crippen LogP contribution in [0.15, 0.2) is 24.3 Å². The monoisotopic (exact) mass is 196 g/mol. The molecule has 5 heteroatoms. The molecular weight excluding hydrogens is 183 g/mol. The molecule has 0 spiro atoms. The topological polar surface area (TPSA) is 58.9 Å². The number of benzene rings is 1. The lowest BCUT2D eigenvalue weighted by Crippen LogP contribution is -2.33. The van der Waals surface area contributed by atoms with Crippen LogP contribution in [0, 0.1) is 0 Å². The maximum absolute atomic E-state index is 9.03. The minimum absolute atomic E-state index is 0.190. The summed E-state index contributed by atoms with van der Waals surface area (Å²) in [5.41, 5.74) is 1.21. The summed E-state index contributed by atoms with van der Waals surface area (Å²) in [5, 5.41) is 18.1. The first-order valence-corrected chi connectivity index (χ1v) is 4.26. The molecule has 0 heterocycles. The molecule has 0 amide bonds. The molecule has 76 valence electrons. The summed E-state index contributed by atoms with van der Waals surface area (Å²) in [7, 11) is 0.0737. The number of hydrogen-bond acceptors (Lipinski definition) is 4. The number of rotatable bonds is 5. The largest absolute Gasteiger partial charge is 0.488 e. The van der Waals surface area contributed by atoms with Crippen LogP contribution in [0.5, 0.6) is 0 Å². The average molecular weight is 196 g/mol. The first-order valence-electron chi connectivity index (χ1n) is 4.26. The van der Waals surface area contributed by atoms with Crippen LogP contribution in [0.25, 0.3) is 0 Å². The van der Waals surface area contributed by atoms with Gasteiger partial charge in [0.25, 0.3) is 0 Å². The second-order valence-corrected chi connectivity index (χ2v) is 2.83. The molecule has 1 rings (SSSR count). The Morgan fingerprint density at radius 1 is 1.29 bits per heavy atom. The summed E-state index contributed by atoms with van der Waals surface area (Å²) in [6.07, 6.45) is 0. The van der Waals surface area contributed by atoms with E-state index in [9.17, 15) is 0 Å². The highest BCUT2D eigenvalue weighted by Crippen LogP contribution is 1.99. The van der Waals surface area contributed by atoms with Crippen molar-refractivity contribution in [1.82, 2.24) is 0 Å². The van der Waals surface area contributed by atoms with Crippen LogP contribution in [-0.2, 0) is 16.1 Å². The minimum Gasteiger partial charge on any atom is -0.423 e. The molecule has 0 saturated heterocycles. The van der Waals surface area contributed by atoms with Gasteiger partial charge in [0.2, 0.25) is 0 Å². The van der Waals surface area contributed by atoms with Crippen molar-refractivity contribution in [3.8, 4) is 0 Å². The Morgan fingerprint density at radius 3 is 2.64 bits per heavy atom. The van der Waals surface area contributed by atoms with Crippen LogP contribution < -0.4 is 5.46 Å². The van der Waals surface area contributed by atoms with Crippen molar-refractivity contribution in [3.05, 3.63) is 29.8 Å². The van der Waals surface area contributed by atoms with E-state index in [4.69, 9.17) is 19.5 Å². The normalized spacial score (nSPS) is 10.2. The molecule has 1 aromatic rings. The first-order chi connectivity index (χ1) is 6.75. The van der Waals surface area contributed by atoms with Gasteiger partial charge in [-0.25, -0.2) is 0 Å². The van der Waals surface area contributed by atoms with E-state index in [1.807, 2.05) is 6.07 Å². The summed E-state index contributed by atoms with van der Waals surface area (Å²) in [6.45, 7) is 0.498. The van der Waals surface area contributed by atoms with Crippen LogP contribution in [0.3, 0.4) is 0 Å². The van der Waals surface area contributed by atoms with Crippen molar-refractivity contribution < 1.29 is 19.5 Å². The zero-order valence-electron chi connectivity index (χ0n) is 8.01. The third-order valence-electron chi connectivity index (χ3n) is 1.79. The zero-order chi connectivity index (χ0) is 10.4. The molecule has 0 bridgehead atoms.